The van der Waals surface area contributed by atoms with E-state index in [-0.39, 0.29) is 16.8 Å². The smallest absolute Gasteiger partial charge is 0.244 e. The van der Waals surface area contributed by atoms with Crippen LogP contribution in [0.4, 0.5) is 5.69 Å². The first-order valence-electron chi connectivity index (χ1n) is 15.8. The third kappa shape index (κ3) is 7.19. The Labute approximate surface area is 276 Å². The van der Waals surface area contributed by atoms with Gasteiger partial charge in [-0.05, 0) is 109 Å². The monoisotopic (exact) mass is 658 g/mol. The zero-order valence-electron chi connectivity index (χ0n) is 25.8. The van der Waals surface area contributed by atoms with Gasteiger partial charge in [-0.3, -0.25) is 14.7 Å². The van der Waals surface area contributed by atoms with Gasteiger partial charge in [-0.1, -0.05) is 54.9 Å². The zero-order chi connectivity index (χ0) is 32.3. The van der Waals surface area contributed by atoms with Crippen molar-refractivity contribution in [3.63, 3.8) is 0 Å². The van der Waals surface area contributed by atoms with Gasteiger partial charge in [0.05, 0.1) is 29.6 Å². The van der Waals surface area contributed by atoms with Gasteiger partial charge in [-0.2, -0.15) is 0 Å². The molecule has 0 saturated carbocycles. The Hall–Kier alpha value is -3.60. The van der Waals surface area contributed by atoms with Crippen molar-refractivity contribution >= 4 is 33.2 Å². The van der Waals surface area contributed by atoms with Crippen LogP contribution in [0.5, 0.6) is 0 Å². The minimum Gasteiger partial charge on any atom is -0.391 e. The molecule has 1 aliphatic carbocycles. The molecule has 4 aromatic rings. The summed E-state index contributed by atoms with van der Waals surface area (Å²) in [5.41, 5.74) is 5.23. The molecule has 1 amide bonds. The number of hydrogen-bond acceptors (Lipinski definition) is 6. The van der Waals surface area contributed by atoms with Crippen LogP contribution < -0.4 is 9.62 Å². The lowest BCUT2D eigenvalue weighted by Gasteiger charge is -2.34. The molecule has 3 atom stereocenters. The Bertz CT molecular complexity index is 1790. The van der Waals surface area contributed by atoms with Gasteiger partial charge in [0.2, 0.25) is 15.9 Å². The summed E-state index contributed by atoms with van der Waals surface area (Å²) in [5, 5.41) is 11.8. The summed E-state index contributed by atoms with van der Waals surface area (Å²) in [6, 6.07) is 22.9. The van der Waals surface area contributed by atoms with Gasteiger partial charge in [0.1, 0.15) is 0 Å². The number of nitrogens with zero attached hydrogens (tertiary/aromatic N) is 3. The van der Waals surface area contributed by atoms with Crippen molar-refractivity contribution in [1.29, 1.82) is 0 Å². The fourth-order valence-electron chi connectivity index (χ4n) is 6.54. The summed E-state index contributed by atoms with van der Waals surface area (Å²) in [6.07, 6.45) is 5.99. The van der Waals surface area contributed by atoms with Gasteiger partial charge in [0, 0.05) is 29.6 Å². The number of aliphatic hydroxyl groups is 1. The highest BCUT2D eigenvalue weighted by Crippen LogP contribution is 2.36. The number of amides is 1. The van der Waals surface area contributed by atoms with Gasteiger partial charge in [0.15, 0.2) is 0 Å². The molecule has 6 rings (SSSR count). The number of aliphatic hydroxyl groups excluding tert-OH is 1. The summed E-state index contributed by atoms with van der Waals surface area (Å²) in [5.74, 6) is -0.0344. The molecule has 0 radical (unpaired) electrons. The first-order valence-corrected chi connectivity index (χ1v) is 17.7. The molecule has 240 valence electrons. The summed E-state index contributed by atoms with van der Waals surface area (Å²) in [7, 11) is -3.93. The number of carbonyl (C=O) groups excluding carboxylic acids is 1. The highest BCUT2D eigenvalue weighted by atomic mass is 35.5. The Morgan fingerprint density at radius 2 is 1.83 bits per heavy atom. The van der Waals surface area contributed by atoms with E-state index in [0.717, 1.165) is 48.1 Å². The fourth-order valence-corrected chi connectivity index (χ4v) is 8.00. The number of aryl methyl sites for hydroxylation is 2. The van der Waals surface area contributed by atoms with E-state index in [9.17, 15) is 18.3 Å². The van der Waals surface area contributed by atoms with Gasteiger partial charge in [-0.15, -0.1) is 0 Å². The maximum absolute atomic E-state index is 14.5. The third-order valence-corrected chi connectivity index (χ3v) is 10.7. The molecule has 2 heterocycles. The molecule has 1 aliphatic heterocycles. The predicted molar refractivity (Wildman–Crippen MR) is 180 cm³/mol. The van der Waals surface area contributed by atoms with Crippen LogP contribution in [0.1, 0.15) is 60.0 Å². The van der Waals surface area contributed by atoms with Crippen molar-refractivity contribution in [2.75, 3.05) is 11.4 Å². The van der Waals surface area contributed by atoms with E-state index in [1.807, 2.05) is 61.5 Å². The molecular weight excluding hydrogens is 620 g/mol. The van der Waals surface area contributed by atoms with Crippen LogP contribution in [0.25, 0.3) is 0 Å². The second-order valence-electron chi connectivity index (χ2n) is 12.1. The minimum atomic E-state index is -3.93. The van der Waals surface area contributed by atoms with E-state index in [1.165, 1.54) is 0 Å². The molecule has 1 fully saturated rings. The predicted octanol–water partition coefficient (Wildman–Crippen LogP) is 5.82. The Morgan fingerprint density at radius 1 is 1.02 bits per heavy atom. The van der Waals surface area contributed by atoms with Crippen LogP contribution in [-0.2, 0) is 40.7 Å². The molecule has 10 heteroatoms. The fraction of sp³-hybridized carbons (Fsp3) is 0.333. The number of likely N-dealkylation sites (tertiary alicyclic amines) is 1. The molecule has 2 N–H and O–H groups in total. The quantitative estimate of drug-likeness (QED) is 0.223. The topological polar surface area (TPSA) is 103 Å². The van der Waals surface area contributed by atoms with Crippen LogP contribution in [0.15, 0.2) is 96.2 Å². The van der Waals surface area contributed by atoms with E-state index in [0.29, 0.717) is 42.2 Å². The van der Waals surface area contributed by atoms with Crippen molar-refractivity contribution in [2.24, 2.45) is 0 Å². The van der Waals surface area contributed by atoms with Crippen LogP contribution in [0.3, 0.4) is 0 Å². The number of carbonyl (C=O) groups is 1. The zero-order valence-corrected chi connectivity index (χ0v) is 27.4. The summed E-state index contributed by atoms with van der Waals surface area (Å²) in [4.78, 5) is 22.9. The summed E-state index contributed by atoms with van der Waals surface area (Å²) < 4.78 is 29.8. The Kier molecular flexibility index (Phi) is 9.86. The Morgan fingerprint density at radius 3 is 2.57 bits per heavy atom. The minimum absolute atomic E-state index is 0.0344. The highest BCUT2D eigenvalue weighted by Gasteiger charge is 2.36. The number of fused-ring (bicyclic) bond motifs is 1. The lowest BCUT2D eigenvalue weighted by molar-refractivity contribution is -0.123. The molecule has 8 nitrogen and oxygen atoms in total. The second-order valence-corrected chi connectivity index (χ2v) is 14.3. The largest absolute Gasteiger partial charge is 0.391 e. The number of benzene rings is 3. The van der Waals surface area contributed by atoms with E-state index in [4.69, 9.17) is 11.6 Å². The van der Waals surface area contributed by atoms with E-state index in [2.05, 4.69) is 14.6 Å². The van der Waals surface area contributed by atoms with Gasteiger partial charge in [0.25, 0.3) is 0 Å². The first kappa shape index (κ1) is 32.3. The number of nitrogens with one attached hydrogen (secondary N) is 1. The van der Waals surface area contributed by atoms with Crippen LogP contribution in [0.2, 0.25) is 5.02 Å². The van der Waals surface area contributed by atoms with Crippen molar-refractivity contribution in [3.05, 3.63) is 124 Å². The lowest BCUT2D eigenvalue weighted by Crippen LogP contribution is -2.45. The maximum atomic E-state index is 14.5. The number of rotatable bonds is 10. The molecule has 3 unspecified atom stereocenters. The number of hydrogen-bond donors (Lipinski definition) is 2. The Balaban J connectivity index is 1.33. The van der Waals surface area contributed by atoms with E-state index >= 15 is 0 Å². The van der Waals surface area contributed by atoms with Gasteiger partial charge < -0.3 is 10.0 Å². The lowest BCUT2D eigenvalue weighted by atomic mass is 9.85. The van der Waals surface area contributed by atoms with Gasteiger partial charge in [-0.25, -0.2) is 13.1 Å². The van der Waals surface area contributed by atoms with Crippen LogP contribution >= 0.6 is 11.6 Å². The standard InChI is InChI=1S/C36H39ClN4O4S/c1-2-25-10-15-31(16-11-25)46(44,45)39-35-32-21-30(14-12-28(32)13-17-34(35)42)41(24-27-7-4-18-38-22-27)36(43)33-9-5-19-40(33)23-26-6-3-8-29(37)20-26/h3-4,6-8,10-12,14-16,18,20-22,33-35,39,42H,2,5,9,13,17,19,23-24H2,1H3. The molecule has 1 saturated heterocycles. The summed E-state index contributed by atoms with van der Waals surface area (Å²) >= 11 is 6.26. The first-order chi connectivity index (χ1) is 22.2. The molecular formula is C36H39ClN4O4S. The van der Waals surface area contributed by atoms with E-state index < -0.39 is 22.2 Å². The maximum Gasteiger partial charge on any atom is 0.244 e. The van der Waals surface area contributed by atoms with E-state index in [1.54, 1.807) is 41.6 Å². The molecule has 0 spiro atoms. The molecule has 0 bridgehead atoms. The molecule has 46 heavy (non-hydrogen) atoms. The van der Waals surface area contributed by atoms with Crippen LogP contribution in [-0.4, -0.2) is 48.0 Å². The summed E-state index contributed by atoms with van der Waals surface area (Å²) in [6.45, 7) is 3.72. The SMILES string of the molecule is CCc1ccc(S(=O)(=O)NC2c3cc(N(Cc4cccnc4)C(=O)C4CCCN4Cc4cccc(Cl)c4)ccc3CCC2O)cc1. The highest BCUT2D eigenvalue weighted by molar-refractivity contribution is 7.89. The van der Waals surface area contributed by atoms with Crippen molar-refractivity contribution in [2.45, 2.75) is 75.2 Å². The molecule has 1 aromatic heterocycles. The van der Waals surface area contributed by atoms with Crippen molar-refractivity contribution < 1.29 is 18.3 Å². The molecule has 2 aliphatic rings. The normalized spacial score (nSPS) is 19.9. The van der Waals surface area contributed by atoms with Crippen LogP contribution in [0, 0.1) is 0 Å². The average Bonchev–Trinajstić information content (AvgIpc) is 3.53. The van der Waals surface area contributed by atoms with Gasteiger partial charge >= 0.3 is 0 Å². The number of pyridine rings is 1. The molecule has 3 aromatic carbocycles. The number of anilines is 1. The number of sulfonamides is 1. The van der Waals surface area contributed by atoms with Crippen molar-refractivity contribution in [1.82, 2.24) is 14.6 Å². The number of halogens is 1. The van der Waals surface area contributed by atoms with Crippen molar-refractivity contribution in [3.8, 4) is 0 Å². The number of aromatic nitrogens is 1. The third-order valence-electron chi connectivity index (χ3n) is 9.05. The average molecular weight is 659 g/mol. The second kappa shape index (κ2) is 14.0.